The van der Waals surface area contributed by atoms with Gasteiger partial charge in [0.15, 0.2) is 11.6 Å². The second kappa shape index (κ2) is 4.81. The van der Waals surface area contributed by atoms with Crippen LogP contribution in [0.25, 0.3) is 0 Å². The van der Waals surface area contributed by atoms with Crippen molar-refractivity contribution in [2.24, 2.45) is 5.90 Å². The molecule has 0 saturated heterocycles. The van der Waals surface area contributed by atoms with Crippen LogP contribution in [0, 0.1) is 11.6 Å². The normalized spacial score (nSPS) is 10.1. The van der Waals surface area contributed by atoms with Gasteiger partial charge in [-0.1, -0.05) is 0 Å². The van der Waals surface area contributed by atoms with Gasteiger partial charge in [-0.2, -0.15) is 0 Å². The number of benzene rings is 1. The third kappa shape index (κ3) is 2.48. The number of esters is 1. The van der Waals surface area contributed by atoms with Crippen LogP contribution in [0.2, 0.25) is 0 Å². The molecule has 6 heteroatoms. The molecular weight excluding hydrogens is 208 g/mol. The molecular formula is C9H9F2NO3. The van der Waals surface area contributed by atoms with Crippen molar-refractivity contribution in [1.29, 1.82) is 0 Å². The minimum absolute atomic E-state index is 0.124. The number of ether oxygens (including phenoxy) is 1. The molecule has 0 radical (unpaired) electrons. The van der Waals surface area contributed by atoms with Crippen molar-refractivity contribution in [3.05, 3.63) is 34.9 Å². The van der Waals surface area contributed by atoms with Crippen LogP contribution in [0.5, 0.6) is 0 Å². The molecule has 0 heterocycles. The fraction of sp³-hybridized carbons (Fsp3) is 0.222. The van der Waals surface area contributed by atoms with Gasteiger partial charge in [0.2, 0.25) is 0 Å². The lowest BCUT2D eigenvalue weighted by Gasteiger charge is -2.05. The van der Waals surface area contributed by atoms with Crippen molar-refractivity contribution in [2.75, 3.05) is 7.11 Å². The first-order valence-electron chi connectivity index (χ1n) is 3.98. The highest BCUT2D eigenvalue weighted by molar-refractivity contribution is 5.89. The van der Waals surface area contributed by atoms with Crippen LogP contribution < -0.4 is 5.90 Å². The molecule has 4 nitrogen and oxygen atoms in total. The number of nitrogens with two attached hydrogens (primary N) is 1. The molecule has 2 N–H and O–H groups in total. The number of halogens is 2. The van der Waals surface area contributed by atoms with Crippen molar-refractivity contribution < 1.29 is 23.1 Å². The predicted octanol–water partition coefficient (Wildman–Crippen LogP) is 1.14. The highest BCUT2D eigenvalue weighted by Gasteiger charge is 2.17. The van der Waals surface area contributed by atoms with Gasteiger partial charge in [0.05, 0.1) is 19.3 Å². The summed E-state index contributed by atoms with van der Waals surface area (Å²) in [7, 11) is 1.08. The number of carbonyl (C=O) groups is 1. The number of rotatable bonds is 3. The van der Waals surface area contributed by atoms with Gasteiger partial charge < -0.3 is 4.74 Å². The molecule has 15 heavy (non-hydrogen) atoms. The lowest BCUT2D eigenvalue weighted by Crippen LogP contribution is -2.08. The summed E-state index contributed by atoms with van der Waals surface area (Å²) in [6.45, 7) is -0.124. The molecule has 0 aliphatic carbocycles. The zero-order chi connectivity index (χ0) is 11.4. The summed E-state index contributed by atoms with van der Waals surface area (Å²) < 4.78 is 30.4. The number of carbonyl (C=O) groups excluding carboxylic acids is 1. The highest BCUT2D eigenvalue weighted by atomic mass is 19.2. The van der Waals surface area contributed by atoms with E-state index >= 15 is 0 Å². The van der Waals surface area contributed by atoms with E-state index in [0.29, 0.717) is 0 Å². The Bertz CT molecular complexity index is 382. The minimum Gasteiger partial charge on any atom is -0.465 e. The van der Waals surface area contributed by atoms with E-state index in [9.17, 15) is 13.6 Å². The first-order valence-corrected chi connectivity index (χ1v) is 3.98. The third-order valence-corrected chi connectivity index (χ3v) is 1.74. The van der Waals surface area contributed by atoms with Gasteiger partial charge in [-0.05, 0) is 17.7 Å². The van der Waals surface area contributed by atoms with Crippen LogP contribution in [-0.2, 0) is 16.2 Å². The molecule has 0 amide bonds. The van der Waals surface area contributed by atoms with Crippen molar-refractivity contribution in [1.82, 2.24) is 0 Å². The SMILES string of the molecule is COC(=O)c1cc(CON)cc(F)c1F. The molecule has 0 fully saturated rings. The first kappa shape index (κ1) is 11.5. The topological polar surface area (TPSA) is 61.5 Å². The lowest BCUT2D eigenvalue weighted by atomic mass is 10.1. The van der Waals surface area contributed by atoms with Gasteiger partial charge >= 0.3 is 5.97 Å². The first-order chi connectivity index (χ1) is 7.10. The van der Waals surface area contributed by atoms with Crippen molar-refractivity contribution >= 4 is 5.97 Å². The summed E-state index contributed by atoms with van der Waals surface area (Å²) in [6.07, 6.45) is 0. The van der Waals surface area contributed by atoms with Crippen LogP contribution >= 0.6 is 0 Å². The molecule has 0 aromatic heterocycles. The Morgan fingerprint density at radius 3 is 2.67 bits per heavy atom. The fourth-order valence-corrected chi connectivity index (χ4v) is 1.08. The van der Waals surface area contributed by atoms with Gasteiger partial charge in [0.25, 0.3) is 0 Å². The second-order valence-electron chi connectivity index (χ2n) is 2.74. The number of hydrogen-bond donors (Lipinski definition) is 1. The molecule has 1 rings (SSSR count). The van der Waals surface area contributed by atoms with E-state index < -0.39 is 23.2 Å². The maximum absolute atomic E-state index is 13.1. The smallest absolute Gasteiger partial charge is 0.340 e. The summed E-state index contributed by atoms with van der Waals surface area (Å²) >= 11 is 0. The Morgan fingerprint density at radius 1 is 1.47 bits per heavy atom. The monoisotopic (exact) mass is 217 g/mol. The van der Waals surface area contributed by atoms with Crippen LogP contribution in [-0.4, -0.2) is 13.1 Å². The Balaban J connectivity index is 3.18. The van der Waals surface area contributed by atoms with Crippen LogP contribution in [0.3, 0.4) is 0 Å². The fourth-order valence-electron chi connectivity index (χ4n) is 1.08. The van der Waals surface area contributed by atoms with E-state index in [4.69, 9.17) is 5.90 Å². The summed E-state index contributed by atoms with van der Waals surface area (Å²) in [4.78, 5) is 15.3. The van der Waals surface area contributed by atoms with Crippen molar-refractivity contribution in [2.45, 2.75) is 6.61 Å². The molecule has 0 aliphatic heterocycles. The van der Waals surface area contributed by atoms with E-state index in [-0.39, 0.29) is 12.2 Å². The Labute approximate surface area is 84.5 Å². The summed E-state index contributed by atoms with van der Waals surface area (Å²) in [5.41, 5.74) is -0.235. The van der Waals surface area contributed by atoms with Gasteiger partial charge in [0, 0.05) is 0 Å². The molecule has 0 atom stereocenters. The Kier molecular flexibility index (Phi) is 3.70. The maximum atomic E-state index is 13.1. The minimum atomic E-state index is -1.25. The van der Waals surface area contributed by atoms with E-state index in [2.05, 4.69) is 9.57 Å². The van der Waals surface area contributed by atoms with Crippen LogP contribution in [0.15, 0.2) is 12.1 Å². The van der Waals surface area contributed by atoms with E-state index in [0.717, 1.165) is 19.2 Å². The van der Waals surface area contributed by atoms with Gasteiger partial charge in [0.1, 0.15) is 0 Å². The van der Waals surface area contributed by atoms with Crippen molar-refractivity contribution in [3.8, 4) is 0 Å². The molecule has 0 saturated carbocycles. The molecule has 1 aromatic carbocycles. The van der Waals surface area contributed by atoms with Crippen LogP contribution in [0.1, 0.15) is 15.9 Å². The Hall–Kier alpha value is -1.53. The van der Waals surface area contributed by atoms with E-state index in [1.807, 2.05) is 0 Å². The third-order valence-electron chi connectivity index (χ3n) is 1.74. The largest absolute Gasteiger partial charge is 0.465 e. The second-order valence-corrected chi connectivity index (χ2v) is 2.74. The van der Waals surface area contributed by atoms with Gasteiger partial charge in [-0.15, -0.1) is 0 Å². The molecule has 0 aliphatic rings. The average molecular weight is 217 g/mol. The maximum Gasteiger partial charge on any atom is 0.340 e. The lowest BCUT2D eigenvalue weighted by molar-refractivity contribution is 0.0593. The van der Waals surface area contributed by atoms with Gasteiger partial charge in [-0.25, -0.2) is 19.5 Å². The summed E-state index contributed by atoms with van der Waals surface area (Å²) in [6, 6.07) is 2.02. The molecule has 0 unspecified atom stereocenters. The predicted molar refractivity (Wildman–Crippen MR) is 46.7 cm³/mol. The molecule has 82 valence electrons. The zero-order valence-corrected chi connectivity index (χ0v) is 7.92. The molecule has 1 aromatic rings. The highest BCUT2D eigenvalue weighted by Crippen LogP contribution is 2.16. The molecule has 0 spiro atoms. The number of hydrogen-bond acceptors (Lipinski definition) is 4. The number of methoxy groups -OCH3 is 1. The van der Waals surface area contributed by atoms with Crippen LogP contribution in [0.4, 0.5) is 8.78 Å². The summed E-state index contributed by atoms with van der Waals surface area (Å²) in [5.74, 6) is 1.43. The zero-order valence-electron chi connectivity index (χ0n) is 7.92. The standard InChI is InChI=1S/C9H9F2NO3/c1-14-9(13)6-2-5(4-15-12)3-7(10)8(6)11/h2-3H,4,12H2,1H3. The van der Waals surface area contributed by atoms with E-state index in [1.54, 1.807) is 0 Å². The van der Waals surface area contributed by atoms with Gasteiger partial charge in [-0.3, -0.25) is 4.84 Å². The van der Waals surface area contributed by atoms with Crippen molar-refractivity contribution in [3.63, 3.8) is 0 Å². The Morgan fingerprint density at radius 2 is 2.13 bits per heavy atom. The molecule has 0 bridgehead atoms. The average Bonchev–Trinajstić information content (AvgIpc) is 2.22. The quantitative estimate of drug-likeness (QED) is 0.609. The van der Waals surface area contributed by atoms with E-state index in [1.165, 1.54) is 0 Å². The summed E-state index contributed by atoms with van der Waals surface area (Å²) in [5, 5.41) is 0.